The van der Waals surface area contributed by atoms with E-state index in [2.05, 4.69) is 20.7 Å². The molecule has 0 bridgehead atoms. The van der Waals surface area contributed by atoms with Crippen LogP contribution in [0.1, 0.15) is 15.9 Å². The van der Waals surface area contributed by atoms with Gasteiger partial charge < -0.3 is 4.42 Å². The van der Waals surface area contributed by atoms with Gasteiger partial charge >= 0.3 is 5.63 Å². The number of sulfonamides is 1. The maximum atomic E-state index is 13.1. The maximum Gasteiger partial charge on any atom is 0.347 e. The number of anilines is 1. The van der Waals surface area contributed by atoms with Crippen LogP contribution in [0, 0.1) is 0 Å². The molecule has 0 fully saturated rings. The maximum absolute atomic E-state index is 13.1. The Morgan fingerprint density at radius 3 is 2.26 bits per heavy atom. The molecule has 34 heavy (non-hydrogen) atoms. The van der Waals surface area contributed by atoms with Crippen LogP contribution < -0.4 is 10.3 Å². The van der Waals surface area contributed by atoms with Crippen LogP contribution in [0.2, 0.25) is 0 Å². The van der Waals surface area contributed by atoms with Crippen molar-refractivity contribution in [1.29, 1.82) is 0 Å². The zero-order valence-corrected chi connectivity index (χ0v) is 19.9. The highest BCUT2D eigenvalue weighted by molar-refractivity contribution is 9.10. The number of halogens is 1. The van der Waals surface area contributed by atoms with Crippen LogP contribution in [0.15, 0.2) is 110 Å². The third-order valence-electron chi connectivity index (χ3n) is 5.41. The van der Waals surface area contributed by atoms with Gasteiger partial charge in [-0.3, -0.25) is 9.52 Å². The molecule has 0 saturated heterocycles. The van der Waals surface area contributed by atoms with Crippen molar-refractivity contribution in [3.63, 3.8) is 0 Å². The first-order valence-electron chi connectivity index (χ1n) is 10.2. The summed E-state index contributed by atoms with van der Waals surface area (Å²) in [5.74, 6) is -0.508. The molecule has 0 aliphatic carbocycles. The van der Waals surface area contributed by atoms with E-state index in [0.29, 0.717) is 11.0 Å². The van der Waals surface area contributed by atoms with Gasteiger partial charge in [0.2, 0.25) is 0 Å². The standard InChI is InChI=1S/C26H16BrNO5S/c27-18-8-12-20(13-9-18)34(31,32)28-19-10-5-17(6-11-19)25(29)23-15-22-21-4-2-1-3-16(21)7-14-24(22)33-26(23)30/h1-15,28H. The molecular weight excluding hydrogens is 518 g/mol. The van der Waals surface area contributed by atoms with Crippen LogP contribution in [0.3, 0.4) is 0 Å². The first kappa shape index (κ1) is 22.1. The molecule has 0 aliphatic heterocycles. The second-order valence-electron chi connectivity index (χ2n) is 7.61. The number of carbonyl (C=O) groups excluding carboxylic acids is 1. The minimum absolute atomic E-state index is 0.0907. The first-order chi connectivity index (χ1) is 16.3. The summed E-state index contributed by atoms with van der Waals surface area (Å²) in [6.45, 7) is 0. The zero-order chi connectivity index (χ0) is 23.9. The highest BCUT2D eigenvalue weighted by Gasteiger charge is 2.18. The van der Waals surface area contributed by atoms with E-state index in [1.807, 2.05) is 30.3 Å². The van der Waals surface area contributed by atoms with Crippen molar-refractivity contribution in [3.8, 4) is 0 Å². The van der Waals surface area contributed by atoms with Crippen LogP contribution in [0.25, 0.3) is 21.7 Å². The Labute approximate surface area is 203 Å². The molecule has 1 heterocycles. The fourth-order valence-electron chi connectivity index (χ4n) is 3.70. The van der Waals surface area contributed by atoms with E-state index in [0.717, 1.165) is 15.2 Å². The molecule has 4 aromatic carbocycles. The van der Waals surface area contributed by atoms with E-state index in [9.17, 15) is 18.0 Å². The average molecular weight is 534 g/mol. The monoisotopic (exact) mass is 533 g/mol. The molecule has 5 rings (SSSR count). The second kappa shape index (κ2) is 8.55. The van der Waals surface area contributed by atoms with Gasteiger partial charge in [0.1, 0.15) is 11.1 Å². The topological polar surface area (TPSA) is 93.4 Å². The molecule has 0 saturated carbocycles. The number of carbonyl (C=O) groups is 1. The van der Waals surface area contributed by atoms with Gasteiger partial charge in [0, 0.05) is 21.1 Å². The van der Waals surface area contributed by atoms with Crippen molar-refractivity contribution in [1.82, 2.24) is 0 Å². The van der Waals surface area contributed by atoms with Gasteiger partial charge in [-0.05, 0) is 71.4 Å². The van der Waals surface area contributed by atoms with E-state index in [4.69, 9.17) is 4.42 Å². The average Bonchev–Trinajstić information content (AvgIpc) is 2.83. The second-order valence-corrected chi connectivity index (χ2v) is 10.2. The van der Waals surface area contributed by atoms with E-state index in [-0.39, 0.29) is 21.7 Å². The Balaban J connectivity index is 1.46. The minimum atomic E-state index is -3.79. The smallest absolute Gasteiger partial charge is 0.347 e. The molecule has 5 aromatic rings. The summed E-state index contributed by atoms with van der Waals surface area (Å²) in [5, 5.41) is 2.50. The molecule has 0 radical (unpaired) electrons. The number of ketones is 1. The molecule has 0 aliphatic rings. The normalized spacial score (nSPS) is 11.6. The summed E-state index contributed by atoms with van der Waals surface area (Å²) in [7, 11) is -3.79. The van der Waals surface area contributed by atoms with Gasteiger partial charge in [0.15, 0.2) is 5.78 Å². The molecule has 168 valence electrons. The number of fused-ring (bicyclic) bond motifs is 3. The Bertz CT molecular complexity index is 1720. The van der Waals surface area contributed by atoms with Crippen molar-refractivity contribution < 1.29 is 17.6 Å². The Morgan fingerprint density at radius 1 is 0.824 bits per heavy atom. The lowest BCUT2D eigenvalue weighted by atomic mass is 10.0. The van der Waals surface area contributed by atoms with Crippen molar-refractivity contribution in [2.45, 2.75) is 4.90 Å². The van der Waals surface area contributed by atoms with Gasteiger partial charge in [0.05, 0.1) is 4.90 Å². The molecule has 0 amide bonds. The number of nitrogens with one attached hydrogen (secondary N) is 1. The van der Waals surface area contributed by atoms with E-state index in [1.165, 1.54) is 36.4 Å². The van der Waals surface area contributed by atoms with Gasteiger partial charge in [-0.2, -0.15) is 0 Å². The predicted octanol–water partition coefficient (Wildman–Crippen LogP) is 5.74. The highest BCUT2D eigenvalue weighted by Crippen LogP contribution is 2.26. The van der Waals surface area contributed by atoms with Crippen molar-refractivity contribution in [3.05, 3.63) is 117 Å². The molecule has 8 heteroatoms. The number of rotatable bonds is 5. The summed E-state index contributed by atoms with van der Waals surface area (Å²) >= 11 is 3.27. The lowest BCUT2D eigenvalue weighted by molar-refractivity contribution is 0.103. The van der Waals surface area contributed by atoms with Crippen LogP contribution in [0.5, 0.6) is 0 Å². The summed E-state index contributed by atoms with van der Waals surface area (Å²) in [5.41, 5.74) is 0.104. The van der Waals surface area contributed by atoms with E-state index in [1.54, 1.807) is 24.3 Å². The molecule has 1 N–H and O–H groups in total. The Kier molecular flexibility index (Phi) is 5.55. The molecule has 0 spiro atoms. The van der Waals surface area contributed by atoms with E-state index >= 15 is 0 Å². The van der Waals surface area contributed by atoms with Crippen molar-refractivity contribution in [2.24, 2.45) is 0 Å². The minimum Gasteiger partial charge on any atom is -0.422 e. The van der Waals surface area contributed by atoms with Gasteiger partial charge in [0.25, 0.3) is 10.0 Å². The lowest BCUT2D eigenvalue weighted by Gasteiger charge is -2.09. The molecule has 1 aromatic heterocycles. The SMILES string of the molecule is O=C(c1ccc(NS(=O)(=O)c2ccc(Br)cc2)cc1)c1cc2c(ccc3ccccc32)oc1=O. The summed E-state index contributed by atoms with van der Waals surface area (Å²) < 4.78 is 33.8. The van der Waals surface area contributed by atoms with Gasteiger partial charge in [-0.1, -0.05) is 46.3 Å². The van der Waals surface area contributed by atoms with Crippen LogP contribution in [-0.2, 0) is 10.0 Å². The Morgan fingerprint density at radius 2 is 1.53 bits per heavy atom. The number of hydrogen-bond donors (Lipinski definition) is 1. The van der Waals surface area contributed by atoms with Crippen molar-refractivity contribution in [2.75, 3.05) is 4.72 Å². The summed E-state index contributed by atoms with van der Waals surface area (Å²) in [4.78, 5) is 25.7. The van der Waals surface area contributed by atoms with Gasteiger partial charge in [-0.25, -0.2) is 13.2 Å². The first-order valence-corrected chi connectivity index (χ1v) is 12.5. The summed E-state index contributed by atoms with van der Waals surface area (Å²) in [6.07, 6.45) is 0. The fraction of sp³-hybridized carbons (Fsp3) is 0. The number of hydrogen-bond acceptors (Lipinski definition) is 5. The molecular formula is C26H16BrNO5S. The van der Waals surface area contributed by atoms with Crippen molar-refractivity contribution >= 4 is 59.2 Å². The van der Waals surface area contributed by atoms with Crippen LogP contribution >= 0.6 is 15.9 Å². The highest BCUT2D eigenvalue weighted by atomic mass is 79.9. The van der Waals surface area contributed by atoms with E-state index < -0.39 is 21.4 Å². The third-order valence-corrected chi connectivity index (χ3v) is 7.34. The zero-order valence-electron chi connectivity index (χ0n) is 17.5. The molecule has 6 nitrogen and oxygen atoms in total. The predicted molar refractivity (Wildman–Crippen MR) is 135 cm³/mol. The number of benzene rings is 4. The largest absolute Gasteiger partial charge is 0.422 e. The van der Waals surface area contributed by atoms with Gasteiger partial charge in [-0.15, -0.1) is 0 Å². The quantitative estimate of drug-likeness (QED) is 0.176. The Hall–Kier alpha value is -3.75. The molecule has 0 atom stereocenters. The van der Waals surface area contributed by atoms with Crippen LogP contribution in [0.4, 0.5) is 5.69 Å². The molecule has 0 unspecified atom stereocenters. The third kappa shape index (κ3) is 4.13. The van der Waals surface area contributed by atoms with Crippen LogP contribution in [-0.4, -0.2) is 14.2 Å². The lowest BCUT2D eigenvalue weighted by Crippen LogP contribution is -2.15. The fourth-order valence-corrected chi connectivity index (χ4v) is 5.03. The summed E-state index contributed by atoms with van der Waals surface area (Å²) in [6, 6.07) is 24.9.